The van der Waals surface area contributed by atoms with E-state index >= 15 is 0 Å². The third kappa shape index (κ3) is 2.63. The van der Waals surface area contributed by atoms with Crippen LogP contribution in [0.15, 0.2) is 4.47 Å². The van der Waals surface area contributed by atoms with Gasteiger partial charge in [-0.25, -0.2) is 0 Å². The standard InChI is InChI=1S/C12H21BrN2/c1-6-7-8-12(3,4)11-10(13)9(2)15(5)14-11/h6-8H2,1-5H3. The average molecular weight is 273 g/mol. The number of hydrogen-bond acceptors (Lipinski definition) is 1. The van der Waals surface area contributed by atoms with Crippen LogP contribution in [0.1, 0.15) is 51.4 Å². The van der Waals surface area contributed by atoms with Gasteiger partial charge in [-0.05, 0) is 29.3 Å². The third-order valence-corrected chi connectivity index (χ3v) is 4.01. The van der Waals surface area contributed by atoms with E-state index in [1.807, 2.05) is 11.7 Å². The van der Waals surface area contributed by atoms with Crippen LogP contribution >= 0.6 is 15.9 Å². The highest BCUT2D eigenvalue weighted by Crippen LogP contribution is 2.34. The molecule has 0 atom stereocenters. The molecule has 0 fully saturated rings. The summed E-state index contributed by atoms with van der Waals surface area (Å²) < 4.78 is 3.12. The molecule has 0 aliphatic rings. The number of nitrogens with zero attached hydrogens (tertiary/aromatic N) is 2. The molecule has 1 rings (SSSR count). The SMILES string of the molecule is CCCCC(C)(C)c1nn(C)c(C)c1Br. The van der Waals surface area contributed by atoms with E-state index in [4.69, 9.17) is 0 Å². The van der Waals surface area contributed by atoms with Crippen LogP contribution in [0.5, 0.6) is 0 Å². The first-order valence-corrected chi connectivity index (χ1v) is 6.39. The summed E-state index contributed by atoms with van der Waals surface area (Å²) >= 11 is 3.65. The van der Waals surface area contributed by atoms with Gasteiger partial charge in [-0.3, -0.25) is 4.68 Å². The molecule has 0 N–H and O–H groups in total. The number of aryl methyl sites for hydroxylation is 1. The van der Waals surface area contributed by atoms with Crippen molar-refractivity contribution in [1.29, 1.82) is 0 Å². The normalized spacial score (nSPS) is 12.1. The van der Waals surface area contributed by atoms with Crippen LogP contribution in [0.4, 0.5) is 0 Å². The Kier molecular flexibility index (Phi) is 3.99. The van der Waals surface area contributed by atoms with Crippen molar-refractivity contribution in [2.24, 2.45) is 7.05 Å². The van der Waals surface area contributed by atoms with E-state index in [-0.39, 0.29) is 5.41 Å². The first kappa shape index (κ1) is 12.8. The van der Waals surface area contributed by atoms with Crippen molar-refractivity contribution < 1.29 is 0 Å². The van der Waals surface area contributed by atoms with Gasteiger partial charge in [0, 0.05) is 18.2 Å². The Morgan fingerprint density at radius 3 is 2.40 bits per heavy atom. The predicted octanol–water partition coefficient (Wildman–Crippen LogP) is 3.96. The molecular formula is C12H21BrN2. The van der Waals surface area contributed by atoms with Crippen molar-refractivity contribution >= 4 is 15.9 Å². The maximum atomic E-state index is 4.60. The summed E-state index contributed by atoms with van der Waals surface area (Å²) in [4.78, 5) is 0. The van der Waals surface area contributed by atoms with Crippen molar-refractivity contribution in [3.05, 3.63) is 15.9 Å². The minimum Gasteiger partial charge on any atom is -0.271 e. The molecule has 0 amide bonds. The van der Waals surface area contributed by atoms with Gasteiger partial charge in [0.05, 0.1) is 10.2 Å². The Morgan fingerprint density at radius 2 is 2.00 bits per heavy atom. The van der Waals surface area contributed by atoms with Crippen molar-refractivity contribution in [2.75, 3.05) is 0 Å². The quantitative estimate of drug-likeness (QED) is 0.812. The number of aromatic nitrogens is 2. The molecule has 0 saturated heterocycles. The zero-order chi connectivity index (χ0) is 11.6. The first-order valence-electron chi connectivity index (χ1n) is 5.59. The van der Waals surface area contributed by atoms with Gasteiger partial charge in [-0.15, -0.1) is 0 Å². The third-order valence-electron chi connectivity index (χ3n) is 3.06. The van der Waals surface area contributed by atoms with E-state index in [0.29, 0.717) is 0 Å². The summed E-state index contributed by atoms with van der Waals surface area (Å²) in [6.45, 7) is 8.87. The highest BCUT2D eigenvalue weighted by molar-refractivity contribution is 9.10. The van der Waals surface area contributed by atoms with Crippen LogP contribution in [0, 0.1) is 6.92 Å². The van der Waals surface area contributed by atoms with Gasteiger partial charge in [0.1, 0.15) is 0 Å². The Bertz CT molecular complexity index is 340. The smallest absolute Gasteiger partial charge is 0.0825 e. The zero-order valence-corrected chi connectivity index (χ0v) is 12.0. The average Bonchev–Trinajstić information content (AvgIpc) is 2.43. The minimum absolute atomic E-state index is 0.168. The van der Waals surface area contributed by atoms with Gasteiger partial charge in [0.2, 0.25) is 0 Å². The Hall–Kier alpha value is -0.310. The van der Waals surface area contributed by atoms with Gasteiger partial charge >= 0.3 is 0 Å². The van der Waals surface area contributed by atoms with Crippen molar-refractivity contribution in [3.63, 3.8) is 0 Å². The van der Waals surface area contributed by atoms with Crippen LogP contribution in [-0.2, 0) is 12.5 Å². The summed E-state index contributed by atoms with van der Waals surface area (Å²) in [6.07, 6.45) is 3.69. The molecule has 0 aliphatic carbocycles. The van der Waals surface area contributed by atoms with Crippen LogP contribution in [-0.4, -0.2) is 9.78 Å². The molecule has 3 heteroatoms. The summed E-state index contributed by atoms with van der Waals surface area (Å²) in [5.41, 5.74) is 2.56. The Morgan fingerprint density at radius 1 is 1.40 bits per heavy atom. The van der Waals surface area contributed by atoms with E-state index in [1.54, 1.807) is 0 Å². The Labute approximate surface area is 101 Å². The molecular weight excluding hydrogens is 252 g/mol. The molecule has 86 valence electrons. The fourth-order valence-electron chi connectivity index (χ4n) is 1.75. The summed E-state index contributed by atoms with van der Waals surface area (Å²) in [7, 11) is 2.00. The molecule has 1 aromatic heterocycles. The van der Waals surface area contributed by atoms with Crippen molar-refractivity contribution in [1.82, 2.24) is 9.78 Å². The van der Waals surface area contributed by atoms with Crippen molar-refractivity contribution in [3.8, 4) is 0 Å². The molecule has 15 heavy (non-hydrogen) atoms. The largest absolute Gasteiger partial charge is 0.271 e. The Balaban J connectivity index is 2.98. The fraction of sp³-hybridized carbons (Fsp3) is 0.750. The summed E-state index contributed by atoms with van der Waals surface area (Å²) in [5, 5.41) is 4.60. The van der Waals surface area contributed by atoms with Crippen LogP contribution in [0.25, 0.3) is 0 Å². The van der Waals surface area contributed by atoms with E-state index in [1.165, 1.54) is 35.1 Å². The highest BCUT2D eigenvalue weighted by Gasteiger charge is 2.27. The number of halogens is 1. The predicted molar refractivity (Wildman–Crippen MR) is 68.2 cm³/mol. The van der Waals surface area contributed by atoms with E-state index in [0.717, 1.165) is 0 Å². The second kappa shape index (κ2) is 4.69. The summed E-state index contributed by atoms with van der Waals surface area (Å²) in [6, 6.07) is 0. The maximum Gasteiger partial charge on any atom is 0.0825 e. The van der Waals surface area contributed by atoms with Crippen LogP contribution in [0.3, 0.4) is 0 Å². The lowest BCUT2D eigenvalue weighted by atomic mass is 9.84. The van der Waals surface area contributed by atoms with E-state index in [9.17, 15) is 0 Å². The lowest BCUT2D eigenvalue weighted by molar-refractivity contribution is 0.438. The fourth-order valence-corrected chi connectivity index (χ4v) is 2.62. The van der Waals surface area contributed by atoms with Crippen LogP contribution in [0.2, 0.25) is 0 Å². The molecule has 0 spiro atoms. The number of unbranched alkanes of at least 4 members (excludes halogenated alkanes) is 1. The molecule has 2 nitrogen and oxygen atoms in total. The first-order chi connectivity index (χ1) is 6.90. The maximum absolute atomic E-state index is 4.60. The van der Waals surface area contributed by atoms with E-state index in [2.05, 4.69) is 48.7 Å². The molecule has 0 aromatic carbocycles. The minimum atomic E-state index is 0.168. The monoisotopic (exact) mass is 272 g/mol. The van der Waals surface area contributed by atoms with Crippen LogP contribution < -0.4 is 0 Å². The topological polar surface area (TPSA) is 17.8 Å². The summed E-state index contributed by atoms with van der Waals surface area (Å²) in [5.74, 6) is 0. The van der Waals surface area contributed by atoms with Gasteiger partial charge in [-0.1, -0.05) is 33.6 Å². The second-order valence-corrected chi connectivity index (χ2v) is 5.65. The van der Waals surface area contributed by atoms with Gasteiger partial charge in [-0.2, -0.15) is 5.10 Å². The van der Waals surface area contributed by atoms with Gasteiger partial charge in [0.25, 0.3) is 0 Å². The van der Waals surface area contributed by atoms with Gasteiger partial charge < -0.3 is 0 Å². The lowest BCUT2D eigenvalue weighted by Crippen LogP contribution is -2.18. The van der Waals surface area contributed by atoms with Gasteiger partial charge in [0.15, 0.2) is 0 Å². The number of rotatable bonds is 4. The molecule has 0 unspecified atom stereocenters. The van der Waals surface area contributed by atoms with E-state index < -0.39 is 0 Å². The molecule has 0 bridgehead atoms. The lowest BCUT2D eigenvalue weighted by Gasteiger charge is -2.22. The zero-order valence-electron chi connectivity index (χ0n) is 10.4. The highest BCUT2D eigenvalue weighted by atomic mass is 79.9. The molecule has 0 saturated carbocycles. The molecule has 1 aromatic rings. The molecule has 1 heterocycles. The van der Waals surface area contributed by atoms with Crippen molar-refractivity contribution in [2.45, 2.75) is 52.4 Å². The molecule has 0 radical (unpaired) electrons. The number of hydrogen-bond donors (Lipinski definition) is 0. The second-order valence-electron chi connectivity index (χ2n) is 4.86. The molecule has 0 aliphatic heterocycles.